The summed E-state index contributed by atoms with van der Waals surface area (Å²) in [5, 5.41) is 9.17. The van der Waals surface area contributed by atoms with Gasteiger partial charge in [0.1, 0.15) is 17.5 Å². The fraction of sp³-hybridized carbons (Fsp3) is 0.600. The van der Waals surface area contributed by atoms with Crippen molar-refractivity contribution in [2.45, 2.75) is 26.4 Å². The third kappa shape index (κ3) is 3.71. The Bertz CT molecular complexity index is 307. The number of nitrogen functional groups attached to an aromatic ring is 1. The maximum absolute atomic E-state index is 9.17. The molecular weight excluding hydrogens is 192 g/mol. The Balaban J connectivity index is 2.68. The number of nitrogens with two attached hydrogens (primary N) is 1. The number of nitrogens with zero attached hydrogens (tertiary/aromatic N) is 3. The number of aryl methyl sites for hydroxylation is 1. The molecule has 1 rings (SSSR count). The molecule has 0 aliphatic carbocycles. The molecule has 15 heavy (non-hydrogen) atoms. The fourth-order valence-corrected chi connectivity index (χ4v) is 1.27. The van der Waals surface area contributed by atoms with E-state index in [-0.39, 0.29) is 6.10 Å². The Morgan fingerprint density at radius 3 is 2.73 bits per heavy atom. The number of aliphatic hydroxyl groups is 1. The van der Waals surface area contributed by atoms with Crippen molar-refractivity contribution in [1.29, 1.82) is 0 Å². The highest BCUT2D eigenvalue weighted by Crippen LogP contribution is 2.12. The minimum absolute atomic E-state index is 0.298. The van der Waals surface area contributed by atoms with Gasteiger partial charge in [0.05, 0.1) is 6.10 Å². The molecule has 1 unspecified atom stereocenters. The summed E-state index contributed by atoms with van der Waals surface area (Å²) < 4.78 is 0. The predicted octanol–water partition coefficient (Wildman–Crippen LogP) is 0.574. The minimum atomic E-state index is -0.298. The molecule has 3 N–H and O–H groups in total. The number of hydrogen-bond acceptors (Lipinski definition) is 5. The molecular formula is C10H18N4O. The standard InChI is InChI=1S/C10H18N4O/c1-7(15)4-5-14(3)10-6-9(11)12-8(2)13-10/h6-7,15H,4-5H2,1-3H3,(H2,11,12,13). The summed E-state index contributed by atoms with van der Waals surface area (Å²) in [6, 6.07) is 1.73. The lowest BCUT2D eigenvalue weighted by Gasteiger charge is -2.19. The minimum Gasteiger partial charge on any atom is -0.393 e. The fourth-order valence-electron chi connectivity index (χ4n) is 1.27. The van der Waals surface area contributed by atoms with Crippen LogP contribution in [0.3, 0.4) is 0 Å². The first-order chi connectivity index (χ1) is 6.99. The number of hydrogen-bond donors (Lipinski definition) is 2. The van der Waals surface area contributed by atoms with Crippen molar-refractivity contribution in [1.82, 2.24) is 9.97 Å². The Hall–Kier alpha value is -1.36. The Labute approximate surface area is 90.0 Å². The largest absolute Gasteiger partial charge is 0.393 e. The van der Waals surface area contributed by atoms with Crippen molar-refractivity contribution >= 4 is 11.6 Å². The van der Waals surface area contributed by atoms with E-state index in [9.17, 15) is 5.11 Å². The Morgan fingerprint density at radius 2 is 2.20 bits per heavy atom. The number of aliphatic hydroxyl groups excluding tert-OH is 1. The first kappa shape index (κ1) is 11.7. The van der Waals surface area contributed by atoms with Crippen LogP contribution in [-0.4, -0.2) is 34.8 Å². The lowest BCUT2D eigenvalue weighted by Crippen LogP contribution is -2.23. The summed E-state index contributed by atoms with van der Waals surface area (Å²) in [7, 11) is 1.92. The zero-order valence-corrected chi connectivity index (χ0v) is 9.44. The molecule has 5 heteroatoms. The van der Waals surface area contributed by atoms with E-state index in [1.165, 1.54) is 0 Å². The van der Waals surface area contributed by atoms with Crippen LogP contribution in [0.4, 0.5) is 11.6 Å². The second-order valence-electron chi connectivity index (χ2n) is 3.76. The van der Waals surface area contributed by atoms with Gasteiger partial charge in [-0.1, -0.05) is 0 Å². The van der Waals surface area contributed by atoms with E-state index in [0.717, 1.165) is 12.4 Å². The van der Waals surface area contributed by atoms with Gasteiger partial charge in [-0.3, -0.25) is 0 Å². The van der Waals surface area contributed by atoms with Gasteiger partial charge in [0.25, 0.3) is 0 Å². The highest BCUT2D eigenvalue weighted by Gasteiger charge is 2.06. The molecule has 0 aromatic carbocycles. The second-order valence-corrected chi connectivity index (χ2v) is 3.76. The molecule has 1 aromatic heterocycles. The molecule has 84 valence electrons. The van der Waals surface area contributed by atoms with Gasteiger partial charge >= 0.3 is 0 Å². The summed E-state index contributed by atoms with van der Waals surface area (Å²) in [5.41, 5.74) is 5.63. The topological polar surface area (TPSA) is 75.3 Å². The van der Waals surface area contributed by atoms with Crippen molar-refractivity contribution in [3.63, 3.8) is 0 Å². The van der Waals surface area contributed by atoms with Gasteiger partial charge in [-0.05, 0) is 20.3 Å². The summed E-state index contributed by atoms with van der Waals surface area (Å²) in [4.78, 5) is 10.2. The number of anilines is 2. The average Bonchev–Trinajstić information content (AvgIpc) is 2.12. The van der Waals surface area contributed by atoms with Gasteiger partial charge in [-0.15, -0.1) is 0 Å². The van der Waals surface area contributed by atoms with E-state index in [2.05, 4.69) is 9.97 Å². The van der Waals surface area contributed by atoms with E-state index >= 15 is 0 Å². The van der Waals surface area contributed by atoms with Gasteiger partial charge in [-0.2, -0.15) is 0 Å². The van der Waals surface area contributed by atoms with Gasteiger partial charge in [-0.25, -0.2) is 9.97 Å². The highest BCUT2D eigenvalue weighted by atomic mass is 16.3. The monoisotopic (exact) mass is 210 g/mol. The van der Waals surface area contributed by atoms with Gasteiger partial charge in [0, 0.05) is 19.7 Å². The first-order valence-electron chi connectivity index (χ1n) is 4.99. The number of rotatable bonds is 4. The van der Waals surface area contributed by atoms with Crippen LogP contribution in [0.25, 0.3) is 0 Å². The molecule has 5 nitrogen and oxygen atoms in total. The van der Waals surface area contributed by atoms with Crippen LogP contribution in [0.15, 0.2) is 6.07 Å². The third-order valence-corrected chi connectivity index (χ3v) is 2.12. The Kier molecular flexibility index (Phi) is 3.85. The summed E-state index contributed by atoms with van der Waals surface area (Å²) in [6.07, 6.45) is 0.409. The third-order valence-electron chi connectivity index (χ3n) is 2.12. The smallest absolute Gasteiger partial charge is 0.134 e. The predicted molar refractivity (Wildman–Crippen MR) is 60.7 cm³/mol. The first-order valence-corrected chi connectivity index (χ1v) is 4.99. The van der Waals surface area contributed by atoms with Crippen LogP contribution in [0, 0.1) is 6.92 Å². The quantitative estimate of drug-likeness (QED) is 0.760. The molecule has 0 amide bonds. The van der Waals surface area contributed by atoms with E-state index in [1.54, 1.807) is 13.0 Å². The van der Waals surface area contributed by atoms with Crippen LogP contribution in [0.1, 0.15) is 19.2 Å². The van der Waals surface area contributed by atoms with E-state index in [4.69, 9.17) is 5.73 Å². The SMILES string of the molecule is Cc1nc(N)cc(N(C)CCC(C)O)n1. The van der Waals surface area contributed by atoms with Gasteiger partial charge < -0.3 is 15.7 Å². The molecule has 0 aliphatic heterocycles. The lowest BCUT2D eigenvalue weighted by molar-refractivity contribution is 0.187. The van der Waals surface area contributed by atoms with Crippen molar-refractivity contribution in [2.75, 3.05) is 24.2 Å². The van der Waals surface area contributed by atoms with Crippen LogP contribution >= 0.6 is 0 Å². The van der Waals surface area contributed by atoms with Crippen molar-refractivity contribution < 1.29 is 5.11 Å². The van der Waals surface area contributed by atoms with E-state index in [1.807, 2.05) is 18.9 Å². The molecule has 1 aromatic rings. The van der Waals surface area contributed by atoms with Crippen molar-refractivity contribution in [3.8, 4) is 0 Å². The molecule has 1 heterocycles. The van der Waals surface area contributed by atoms with Gasteiger partial charge in [0.2, 0.25) is 0 Å². The molecule has 0 fully saturated rings. The second kappa shape index (κ2) is 4.93. The number of aromatic nitrogens is 2. The molecule has 0 bridgehead atoms. The van der Waals surface area contributed by atoms with E-state index < -0.39 is 0 Å². The molecule has 0 saturated carbocycles. The van der Waals surface area contributed by atoms with Crippen LogP contribution < -0.4 is 10.6 Å². The molecule has 0 radical (unpaired) electrons. The zero-order chi connectivity index (χ0) is 11.4. The summed E-state index contributed by atoms with van der Waals surface area (Å²) >= 11 is 0. The van der Waals surface area contributed by atoms with E-state index in [0.29, 0.717) is 18.1 Å². The summed E-state index contributed by atoms with van der Waals surface area (Å²) in [6.45, 7) is 4.32. The summed E-state index contributed by atoms with van der Waals surface area (Å²) in [5.74, 6) is 1.93. The molecule has 0 saturated heterocycles. The lowest BCUT2D eigenvalue weighted by atomic mass is 10.3. The molecule has 0 aliphatic rings. The Morgan fingerprint density at radius 1 is 1.53 bits per heavy atom. The normalized spacial score (nSPS) is 12.5. The molecule has 0 spiro atoms. The van der Waals surface area contributed by atoms with Gasteiger partial charge in [0.15, 0.2) is 0 Å². The van der Waals surface area contributed by atoms with Crippen LogP contribution in [0.5, 0.6) is 0 Å². The maximum Gasteiger partial charge on any atom is 0.134 e. The average molecular weight is 210 g/mol. The van der Waals surface area contributed by atoms with Crippen molar-refractivity contribution in [2.24, 2.45) is 0 Å². The zero-order valence-electron chi connectivity index (χ0n) is 9.44. The van der Waals surface area contributed by atoms with Crippen molar-refractivity contribution in [3.05, 3.63) is 11.9 Å². The highest BCUT2D eigenvalue weighted by molar-refractivity contribution is 5.46. The maximum atomic E-state index is 9.17. The molecule has 1 atom stereocenters. The van der Waals surface area contributed by atoms with Crippen LogP contribution in [0.2, 0.25) is 0 Å². The van der Waals surface area contributed by atoms with Crippen LogP contribution in [-0.2, 0) is 0 Å².